The van der Waals surface area contributed by atoms with Gasteiger partial charge in [0.05, 0.1) is 31.9 Å². The summed E-state index contributed by atoms with van der Waals surface area (Å²) in [7, 11) is 0. The van der Waals surface area contributed by atoms with E-state index in [1.807, 2.05) is 19.1 Å². The van der Waals surface area contributed by atoms with Gasteiger partial charge in [0.2, 0.25) is 0 Å². The van der Waals surface area contributed by atoms with Crippen LogP contribution in [0.5, 0.6) is 0 Å². The van der Waals surface area contributed by atoms with Crippen LogP contribution in [0.3, 0.4) is 0 Å². The molecule has 1 aliphatic rings. The lowest BCUT2D eigenvalue weighted by Gasteiger charge is -2.42. The number of benzene rings is 1. The molecule has 0 aliphatic carbocycles. The van der Waals surface area contributed by atoms with Crippen molar-refractivity contribution >= 4 is 15.9 Å². The van der Waals surface area contributed by atoms with Gasteiger partial charge in [0.1, 0.15) is 0 Å². The topological polar surface area (TPSA) is 58.7 Å². The number of aliphatic hydroxyl groups excluding tert-OH is 1. The first-order chi connectivity index (χ1) is 9.13. The number of hydrogen-bond acceptors (Lipinski definition) is 4. The second-order valence-corrected chi connectivity index (χ2v) is 5.92. The third-order valence-electron chi connectivity index (χ3n) is 3.55. The van der Waals surface area contributed by atoms with Crippen molar-refractivity contribution in [2.24, 2.45) is 5.73 Å². The molecule has 1 aliphatic heterocycles. The van der Waals surface area contributed by atoms with Crippen LogP contribution in [0.25, 0.3) is 0 Å². The smallest absolute Gasteiger partial charge is 0.0645 e. The molecule has 0 saturated carbocycles. The minimum Gasteiger partial charge on any atom is -0.395 e. The van der Waals surface area contributed by atoms with Gasteiger partial charge in [0, 0.05) is 17.1 Å². The van der Waals surface area contributed by atoms with E-state index < -0.39 is 0 Å². The van der Waals surface area contributed by atoms with Gasteiger partial charge in [-0.15, -0.1) is 0 Å². The van der Waals surface area contributed by atoms with Crippen LogP contribution in [-0.2, 0) is 4.74 Å². The third-order valence-corrected chi connectivity index (χ3v) is 4.08. The van der Waals surface area contributed by atoms with Crippen LogP contribution in [0.15, 0.2) is 28.7 Å². The number of nitrogens with zero attached hydrogens (tertiary/aromatic N) is 1. The van der Waals surface area contributed by atoms with Crippen molar-refractivity contribution in [3.8, 4) is 0 Å². The standard InChI is InChI=1S/C14H21BrN2O2/c1-10(16)14(11-2-4-12(15)5-3-11)17-6-7-19-9-13(17)8-18/h2-5,10,13-14,18H,6-9,16H2,1H3. The summed E-state index contributed by atoms with van der Waals surface area (Å²) in [5.41, 5.74) is 7.36. The summed E-state index contributed by atoms with van der Waals surface area (Å²) in [5.74, 6) is 0. The number of rotatable bonds is 4. The predicted molar refractivity (Wildman–Crippen MR) is 78.9 cm³/mol. The van der Waals surface area contributed by atoms with Gasteiger partial charge in [0.25, 0.3) is 0 Å². The van der Waals surface area contributed by atoms with E-state index in [4.69, 9.17) is 10.5 Å². The molecular weight excluding hydrogens is 308 g/mol. The summed E-state index contributed by atoms with van der Waals surface area (Å²) in [5, 5.41) is 9.51. The average Bonchev–Trinajstić information content (AvgIpc) is 2.41. The summed E-state index contributed by atoms with van der Waals surface area (Å²) in [4.78, 5) is 2.26. The lowest BCUT2D eigenvalue weighted by Crippen LogP contribution is -2.52. The SMILES string of the molecule is CC(N)C(c1ccc(Br)cc1)N1CCOCC1CO. The normalized spacial score (nSPS) is 24.1. The van der Waals surface area contributed by atoms with Crippen LogP contribution in [0, 0.1) is 0 Å². The van der Waals surface area contributed by atoms with Gasteiger partial charge in [-0.25, -0.2) is 0 Å². The lowest BCUT2D eigenvalue weighted by molar-refractivity contribution is -0.0515. The second-order valence-electron chi connectivity index (χ2n) is 5.00. The van der Waals surface area contributed by atoms with Crippen LogP contribution >= 0.6 is 15.9 Å². The molecule has 0 amide bonds. The van der Waals surface area contributed by atoms with Gasteiger partial charge < -0.3 is 15.6 Å². The maximum absolute atomic E-state index is 9.51. The molecule has 0 radical (unpaired) electrons. The fourth-order valence-electron chi connectivity index (χ4n) is 2.65. The maximum Gasteiger partial charge on any atom is 0.0645 e. The Labute approximate surface area is 122 Å². The Morgan fingerprint density at radius 3 is 2.74 bits per heavy atom. The summed E-state index contributed by atoms with van der Waals surface area (Å²) in [6.45, 7) is 4.16. The lowest BCUT2D eigenvalue weighted by atomic mass is 9.97. The molecule has 1 aromatic carbocycles. The van der Waals surface area contributed by atoms with E-state index in [-0.39, 0.29) is 24.7 Å². The molecule has 1 aromatic rings. The number of hydrogen-bond donors (Lipinski definition) is 2. The Morgan fingerprint density at radius 2 is 2.16 bits per heavy atom. The fourth-order valence-corrected chi connectivity index (χ4v) is 2.91. The summed E-state index contributed by atoms with van der Waals surface area (Å²) >= 11 is 3.45. The number of ether oxygens (including phenoxy) is 1. The molecule has 2 rings (SSSR count). The zero-order valence-corrected chi connectivity index (χ0v) is 12.7. The predicted octanol–water partition coefficient (Wildman–Crippen LogP) is 1.53. The highest BCUT2D eigenvalue weighted by Crippen LogP contribution is 2.28. The summed E-state index contributed by atoms with van der Waals surface area (Å²) in [6, 6.07) is 8.35. The number of nitrogens with two attached hydrogens (primary N) is 1. The number of morpholine rings is 1. The van der Waals surface area contributed by atoms with E-state index in [1.54, 1.807) is 0 Å². The Balaban J connectivity index is 2.25. The first kappa shape index (κ1) is 14.9. The molecule has 4 nitrogen and oxygen atoms in total. The van der Waals surface area contributed by atoms with Gasteiger partial charge in [-0.1, -0.05) is 28.1 Å². The monoisotopic (exact) mass is 328 g/mol. The number of aliphatic hydroxyl groups is 1. The zero-order valence-electron chi connectivity index (χ0n) is 11.1. The van der Waals surface area contributed by atoms with Gasteiger partial charge in [0.15, 0.2) is 0 Å². The largest absolute Gasteiger partial charge is 0.395 e. The van der Waals surface area contributed by atoms with E-state index >= 15 is 0 Å². The molecule has 3 N–H and O–H groups in total. The molecule has 19 heavy (non-hydrogen) atoms. The van der Waals surface area contributed by atoms with Crippen molar-refractivity contribution in [2.75, 3.05) is 26.4 Å². The van der Waals surface area contributed by atoms with Crippen LogP contribution < -0.4 is 5.73 Å². The van der Waals surface area contributed by atoms with Gasteiger partial charge >= 0.3 is 0 Å². The molecule has 5 heteroatoms. The molecule has 0 aromatic heterocycles. The van der Waals surface area contributed by atoms with Crippen LogP contribution in [0.2, 0.25) is 0 Å². The quantitative estimate of drug-likeness (QED) is 0.880. The average molecular weight is 329 g/mol. The number of halogens is 1. The summed E-state index contributed by atoms with van der Waals surface area (Å²) in [6.07, 6.45) is 0. The van der Waals surface area contributed by atoms with E-state index in [0.717, 1.165) is 11.0 Å². The Bertz CT molecular complexity index is 397. The fraction of sp³-hybridized carbons (Fsp3) is 0.571. The van der Waals surface area contributed by atoms with Gasteiger partial charge in [-0.3, -0.25) is 4.90 Å². The highest BCUT2D eigenvalue weighted by molar-refractivity contribution is 9.10. The molecule has 0 spiro atoms. The Morgan fingerprint density at radius 1 is 1.47 bits per heavy atom. The second kappa shape index (κ2) is 6.81. The van der Waals surface area contributed by atoms with Crippen LogP contribution in [-0.4, -0.2) is 48.5 Å². The zero-order chi connectivity index (χ0) is 13.8. The minimum absolute atomic E-state index is 0.00618. The first-order valence-electron chi connectivity index (χ1n) is 6.59. The Kier molecular flexibility index (Phi) is 5.36. The van der Waals surface area contributed by atoms with Crippen molar-refractivity contribution in [1.82, 2.24) is 4.90 Å². The molecule has 106 valence electrons. The highest BCUT2D eigenvalue weighted by atomic mass is 79.9. The minimum atomic E-state index is -0.00618. The summed E-state index contributed by atoms with van der Waals surface area (Å²) < 4.78 is 6.49. The molecule has 3 unspecified atom stereocenters. The maximum atomic E-state index is 9.51. The van der Waals surface area contributed by atoms with Crippen molar-refractivity contribution < 1.29 is 9.84 Å². The van der Waals surface area contributed by atoms with Crippen LogP contribution in [0.1, 0.15) is 18.5 Å². The molecule has 1 saturated heterocycles. The van der Waals surface area contributed by atoms with E-state index in [9.17, 15) is 5.11 Å². The van der Waals surface area contributed by atoms with Crippen molar-refractivity contribution in [1.29, 1.82) is 0 Å². The van der Waals surface area contributed by atoms with Crippen LogP contribution in [0.4, 0.5) is 0 Å². The van der Waals surface area contributed by atoms with Crippen molar-refractivity contribution in [2.45, 2.75) is 25.0 Å². The molecule has 0 bridgehead atoms. The molecule has 3 atom stereocenters. The van der Waals surface area contributed by atoms with Crippen molar-refractivity contribution in [3.05, 3.63) is 34.3 Å². The van der Waals surface area contributed by atoms with Crippen molar-refractivity contribution in [3.63, 3.8) is 0 Å². The molecular formula is C14H21BrN2O2. The van der Waals surface area contributed by atoms with E-state index in [0.29, 0.717) is 13.2 Å². The van der Waals surface area contributed by atoms with Gasteiger partial charge in [-0.2, -0.15) is 0 Å². The third kappa shape index (κ3) is 3.55. The first-order valence-corrected chi connectivity index (χ1v) is 7.38. The highest BCUT2D eigenvalue weighted by Gasteiger charge is 2.32. The molecule has 1 heterocycles. The van der Waals surface area contributed by atoms with Gasteiger partial charge in [-0.05, 0) is 24.6 Å². The van der Waals surface area contributed by atoms with E-state index in [1.165, 1.54) is 5.56 Å². The van der Waals surface area contributed by atoms with E-state index in [2.05, 4.69) is 33.0 Å². The molecule has 1 fully saturated rings. The Hall–Kier alpha value is -0.460.